The Morgan fingerprint density at radius 3 is 3.00 bits per heavy atom. The van der Waals surface area contributed by atoms with Crippen molar-refractivity contribution in [2.75, 3.05) is 0 Å². The van der Waals surface area contributed by atoms with Gasteiger partial charge in [0.1, 0.15) is 5.75 Å². The van der Waals surface area contributed by atoms with Gasteiger partial charge in [0.2, 0.25) is 0 Å². The van der Waals surface area contributed by atoms with Gasteiger partial charge in [-0.3, -0.25) is 0 Å². The van der Waals surface area contributed by atoms with Gasteiger partial charge in [-0.15, -0.1) is 0 Å². The van der Waals surface area contributed by atoms with Crippen LogP contribution in [-0.4, -0.2) is 5.11 Å². The second-order valence-electron chi connectivity index (χ2n) is 7.06. The van der Waals surface area contributed by atoms with E-state index in [1.54, 1.807) is 0 Å². The average molecular weight is 266 g/mol. The molecule has 0 amide bonds. The molecule has 20 heavy (non-hydrogen) atoms. The molecule has 1 N–H and O–H groups in total. The SMILES string of the molecule is C=C1CC[C@H]2[C@@H]3C=Cc4cc(O)ccc4[C@H]3CC[C@]12C. The summed E-state index contributed by atoms with van der Waals surface area (Å²) < 4.78 is 0. The van der Waals surface area contributed by atoms with Gasteiger partial charge in [0.15, 0.2) is 0 Å². The first kappa shape index (κ1) is 12.3. The molecule has 1 aromatic carbocycles. The quantitative estimate of drug-likeness (QED) is 0.663. The molecule has 1 nitrogen and oxygen atoms in total. The molecule has 0 saturated heterocycles. The van der Waals surface area contributed by atoms with Crippen molar-refractivity contribution >= 4 is 6.08 Å². The number of hydrogen-bond donors (Lipinski definition) is 1. The van der Waals surface area contributed by atoms with Crippen molar-refractivity contribution in [1.82, 2.24) is 0 Å². The van der Waals surface area contributed by atoms with E-state index in [4.69, 9.17) is 0 Å². The molecule has 0 aliphatic heterocycles. The van der Waals surface area contributed by atoms with Crippen molar-refractivity contribution in [3.8, 4) is 5.75 Å². The van der Waals surface area contributed by atoms with Gasteiger partial charge < -0.3 is 5.11 Å². The summed E-state index contributed by atoms with van der Waals surface area (Å²) in [5.74, 6) is 2.43. The van der Waals surface area contributed by atoms with Gasteiger partial charge in [-0.1, -0.05) is 37.3 Å². The average Bonchev–Trinajstić information content (AvgIpc) is 2.74. The zero-order valence-corrected chi connectivity index (χ0v) is 12.1. The maximum Gasteiger partial charge on any atom is 0.116 e. The monoisotopic (exact) mass is 266 g/mol. The second kappa shape index (κ2) is 4.00. The van der Waals surface area contributed by atoms with Gasteiger partial charge in [0, 0.05) is 0 Å². The molecule has 3 aliphatic rings. The molecule has 2 fully saturated rings. The van der Waals surface area contributed by atoms with Crippen LogP contribution in [0.4, 0.5) is 0 Å². The molecule has 1 aromatic rings. The number of allylic oxidation sites excluding steroid dienone is 2. The molecule has 0 heterocycles. The molecule has 1 heteroatoms. The van der Waals surface area contributed by atoms with Gasteiger partial charge in [-0.25, -0.2) is 0 Å². The van der Waals surface area contributed by atoms with Crippen LogP contribution in [0, 0.1) is 17.3 Å². The molecule has 0 radical (unpaired) electrons. The summed E-state index contributed by atoms with van der Waals surface area (Å²) >= 11 is 0. The first-order chi connectivity index (χ1) is 9.59. The first-order valence-corrected chi connectivity index (χ1v) is 7.79. The van der Waals surface area contributed by atoms with Crippen LogP contribution in [0.2, 0.25) is 0 Å². The molecule has 0 unspecified atom stereocenters. The lowest BCUT2D eigenvalue weighted by Gasteiger charge is -2.47. The topological polar surface area (TPSA) is 20.2 Å². The van der Waals surface area contributed by atoms with E-state index in [0.29, 0.717) is 23.0 Å². The summed E-state index contributed by atoms with van der Waals surface area (Å²) in [6.45, 7) is 6.78. The van der Waals surface area contributed by atoms with Crippen molar-refractivity contribution in [3.63, 3.8) is 0 Å². The van der Waals surface area contributed by atoms with E-state index >= 15 is 0 Å². The Hall–Kier alpha value is -1.50. The molecule has 4 rings (SSSR count). The fraction of sp³-hybridized carbons (Fsp3) is 0.474. The Morgan fingerprint density at radius 2 is 2.15 bits per heavy atom. The van der Waals surface area contributed by atoms with Gasteiger partial charge in [-0.05, 0) is 72.1 Å². The van der Waals surface area contributed by atoms with Crippen molar-refractivity contribution < 1.29 is 5.11 Å². The maximum absolute atomic E-state index is 9.66. The zero-order valence-electron chi connectivity index (χ0n) is 12.1. The molecule has 4 atom stereocenters. The minimum absolute atomic E-state index is 0.361. The maximum atomic E-state index is 9.66. The highest BCUT2D eigenvalue weighted by Crippen LogP contribution is 2.61. The van der Waals surface area contributed by atoms with Crippen LogP contribution >= 0.6 is 0 Å². The summed E-state index contributed by atoms with van der Waals surface area (Å²) in [5.41, 5.74) is 4.49. The standard InChI is InChI=1S/C19H22O/c1-12-3-8-18-17-6-4-13-11-14(20)5-7-15(13)16(17)9-10-19(12,18)2/h4-7,11,16-18,20H,1,3,8-10H2,2H3/t16-,17-,18+,19-/m1/s1. The van der Waals surface area contributed by atoms with E-state index in [2.05, 4.69) is 31.7 Å². The lowest BCUT2D eigenvalue weighted by Crippen LogP contribution is -2.38. The van der Waals surface area contributed by atoms with Crippen molar-refractivity contribution in [1.29, 1.82) is 0 Å². The number of aromatic hydroxyl groups is 1. The van der Waals surface area contributed by atoms with Gasteiger partial charge >= 0.3 is 0 Å². The summed E-state index contributed by atoms with van der Waals surface area (Å²) in [6.07, 6.45) is 9.66. The van der Waals surface area contributed by atoms with Crippen molar-refractivity contribution in [3.05, 3.63) is 47.6 Å². The lowest BCUT2D eigenvalue weighted by molar-refractivity contribution is 0.122. The highest BCUT2D eigenvalue weighted by molar-refractivity contribution is 5.61. The Balaban J connectivity index is 1.77. The number of benzene rings is 1. The second-order valence-corrected chi connectivity index (χ2v) is 7.06. The predicted octanol–water partition coefficient (Wildman–Crippen LogP) is 4.89. The summed E-state index contributed by atoms with van der Waals surface area (Å²) in [7, 11) is 0. The third kappa shape index (κ3) is 1.49. The van der Waals surface area contributed by atoms with Crippen molar-refractivity contribution in [2.24, 2.45) is 17.3 Å². The first-order valence-electron chi connectivity index (χ1n) is 7.79. The highest BCUT2D eigenvalue weighted by Gasteiger charge is 2.50. The summed E-state index contributed by atoms with van der Waals surface area (Å²) in [6, 6.07) is 5.89. The molecule has 0 aromatic heterocycles. The Morgan fingerprint density at radius 1 is 1.30 bits per heavy atom. The van der Waals surface area contributed by atoms with Crippen LogP contribution in [-0.2, 0) is 0 Å². The summed E-state index contributed by atoms with van der Waals surface area (Å²) in [5, 5.41) is 9.66. The molecule has 0 bridgehead atoms. The number of hydrogen-bond acceptors (Lipinski definition) is 1. The zero-order chi connectivity index (χ0) is 13.9. The molecule has 0 spiro atoms. The molecular weight excluding hydrogens is 244 g/mol. The third-order valence-electron chi connectivity index (χ3n) is 6.25. The van der Waals surface area contributed by atoms with Gasteiger partial charge in [0.05, 0.1) is 0 Å². The van der Waals surface area contributed by atoms with Crippen LogP contribution in [0.1, 0.15) is 49.7 Å². The van der Waals surface area contributed by atoms with Gasteiger partial charge in [0.25, 0.3) is 0 Å². The van der Waals surface area contributed by atoms with Crippen LogP contribution in [0.15, 0.2) is 36.4 Å². The number of fused-ring (bicyclic) bond motifs is 5. The third-order valence-corrected chi connectivity index (χ3v) is 6.25. The molecule has 2 saturated carbocycles. The number of phenolic OH excluding ortho intramolecular Hbond substituents is 1. The lowest BCUT2D eigenvalue weighted by atomic mass is 9.57. The normalized spacial score (nSPS) is 38.2. The Labute approximate surface area is 121 Å². The summed E-state index contributed by atoms with van der Waals surface area (Å²) in [4.78, 5) is 0. The molecule has 3 aliphatic carbocycles. The number of rotatable bonds is 0. The smallest absolute Gasteiger partial charge is 0.116 e. The molecular formula is C19H22O. The fourth-order valence-electron chi connectivity index (χ4n) is 4.99. The Kier molecular flexibility index (Phi) is 2.45. The minimum Gasteiger partial charge on any atom is -0.508 e. The molecule has 104 valence electrons. The Bertz CT molecular complexity index is 612. The van der Waals surface area contributed by atoms with Crippen LogP contribution in [0.5, 0.6) is 5.75 Å². The van der Waals surface area contributed by atoms with Crippen LogP contribution in [0.3, 0.4) is 0 Å². The van der Waals surface area contributed by atoms with E-state index in [1.807, 2.05) is 12.1 Å². The largest absolute Gasteiger partial charge is 0.508 e. The van der Waals surface area contributed by atoms with E-state index in [-0.39, 0.29) is 0 Å². The van der Waals surface area contributed by atoms with E-state index in [1.165, 1.54) is 42.4 Å². The van der Waals surface area contributed by atoms with E-state index in [0.717, 1.165) is 5.92 Å². The minimum atomic E-state index is 0.361. The highest BCUT2D eigenvalue weighted by atomic mass is 16.3. The predicted molar refractivity (Wildman–Crippen MR) is 82.6 cm³/mol. The van der Waals surface area contributed by atoms with Crippen LogP contribution in [0.25, 0.3) is 6.08 Å². The van der Waals surface area contributed by atoms with E-state index in [9.17, 15) is 5.11 Å². The number of phenols is 1. The van der Waals surface area contributed by atoms with Crippen molar-refractivity contribution in [2.45, 2.75) is 38.5 Å². The fourth-order valence-corrected chi connectivity index (χ4v) is 4.99. The van der Waals surface area contributed by atoms with E-state index < -0.39 is 0 Å². The van der Waals surface area contributed by atoms with Gasteiger partial charge in [-0.2, -0.15) is 0 Å². The van der Waals surface area contributed by atoms with Crippen LogP contribution < -0.4 is 0 Å².